The fraction of sp³-hybridized carbons (Fsp3) is 0.391. The third-order valence-corrected chi connectivity index (χ3v) is 6.98. The van der Waals surface area contributed by atoms with Crippen LogP contribution >= 0.6 is 11.3 Å². The van der Waals surface area contributed by atoms with E-state index in [2.05, 4.69) is 45.9 Å². The number of methoxy groups -OCH3 is 1. The lowest BCUT2D eigenvalue weighted by molar-refractivity contribution is 0.0601. The van der Waals surface area contributed by atoms with E-state index in [-0.39, 0.29) is 16.8 Å². The number of fused-ring (bicyclic) bond motifs is 2. The fourth-order valence-electron chi connectivity index (χ4n) is 4.01. The van der Waals surface area contributed by atoms with E-state index < -0.39 is 0 Å². The van der Waals surface area contributed by atoms with Crippen LogP contribution in [-0.4, -0.2) is 18.1 Å². The molecule has 4 heteroatoms. The molecule has 1 aromatic heterocycles. The zero-order valence-electron chi connectivity index (χ0n) is 16.6. The van der Waals surface area contributed by atoms with Gasteiger partial charge in [0.25, 0.3) is 0 Å². The van der Waals surface area contributed by atoms with Gasteiger partial charge in [-0.15, -0.1) is 11.3 Å². The first-order valence-corrected chi connectivity index (χ1v) is 10.2. The van der Waals surface area contributed by atoms with Crippen molar-refractivity contribution in [3.05, 3.63) is 53.1 Å². The molecule has 1 aliphatic rings. The SMILES string of the molecule is COC(=O)c1ccc2nc(-c3ccc4c(c3)C(C)(C)CCC4(C)C)sc2c1. The van der Waals surface area contributed by atoms with Crippen molar-refractivity contribution >= 4 is 27.5 Å². The lowest BCUT2D eigenvalue weighted by Crippen LogP contribution is -2.33. The van der Waals surface area contributed by atoms with Gasteiger partial charge in [-0.1, -0.05) is 39.8 Å². The Morgan fingerprint density at radius 3 is 2.41 bits per heavy atom. The number of thiazole rings is 1. The molecule has 27 heavy (non-hydrogen) atoms. The second-order valence-corrected chi connectivity index (χ2v) is 9.75. The van der Waals surface area contributed by atoms with Gasteiger partial charge in [-0.2, -0.15) is 0 Å². The van der Waals surface area contributed by atoms with Gasteiger partial charge in [0.1, 0.15) is 5.01 Å². The molecule has 0 atom stereocenters. The Balaban J connectivity index is 1.81. The van der Waals surface area contributed by atoms with E-state index in [0.29, 0.717) is 5.56 Å². The summed E-state index contributed by atoms with van der Waals surface area (Å²) in [6, 6.07) is 12.4. The molecule has 0 spiro atoms. The predicted octanol–water partition coefficient (Wildman–Crippen LogP) is 6.10. The summed E-state index contributed by atoms with van der Waals surface area (Å²) in [6.45, 7) is 9.36. The molecule has 2 aromatic carbocycles. The maximum Gasteiger partial charge on any atom is 0.337 e. The van der Waals surface area contributed by atoms with Gasteiger partial charge < -0.3 is 4.74 Å². The fourth-order valence-corrected chi connectivity index (χ4v) is 5.02. The lowest BCUT2D eigenvalue weighted by atomic mass is 9.63. The van der Waals surface area contributed by atoms with E-state index in [1.807, 2.05) is 12.1 Å². The van der Waals surface area contributed by atoms with Crippen molar-refractivity contribution in [2.45, 2.75) is 51.4 Å². The summed E-state index contributed by atoms with van der Waals surface area (Å²) in [4.78, 5) is 16.6. The molecule has 0 saturated heterocycles. The maximum absolute atomic E-state index is 11.8. The smallest absolute Gasteiger partial charge is 0.337 e. The van der Waals surface area contributed by atoms with Gasteiger partial charge in [-0.3, -0.25) is 0 Å². The molecule has 0 N–H and O–H groups in total. The highest BCUT2D eigenvalue weighted by molar-refractivity contribution is 7.21. The molecular formula is C23H25NO2S. The van der Waals surface area contributed by atoms with Crippen molar-refractivity contribution in [2.24, 2.45) is 0 Å². The first-order chi connectivity index (χ1) is 12.7. The zero-order chi connectivity index (χ0) is 19.4. The van der Waals surface area contributed by atoms with Crippen LogP contribution in [0, 0.1) is 0 Å². The summed E-state index contributed by atoms with van der Waals surface area (Å²) < 4.78 is 5.83. The van der Waals surface area contributed by atoms with E-state index in [0.717, 1.165) is 20.8 Å². The highest BCUT2D eigenvalue weighted by atomic mass is 32.1. The Morgan fingerprint density at radius 1 is 1.00 bits per heavy atom. The molecule has 0 unspecified atom stereocenters. The van der Waals surface area contributed by atoms with Crippen molar-refractivity contribution in [1.29, 1.82) is 0 Å². The minimum absolute atomic E-state index is 0.176. The Labute approximate surface area is 164 Å². The van der Waals surface area contributed by atoms with Crippen LogP contribution in [0.25, 0.3) is 20.8 Å². The molecule has 3 nitrogen and oxygen atoms in total. The van der Waals surface area contributed by atoms with Crippen LogP contribution < -0.4 is 0 Å². The van der Waals surface area contributed by atoms with Crippen molar-refractivity contribution in [3.8, 4) is 10.6 Å². The average molecular weight is 380 g/mol. The van der Waals surface area contributed by atoms with Crippen molar-refractivity contribution in [3.63, 3.8) is 0 Å². The number of ether oxygens (including phenoxy) is 1. The van der Waals surface area contributed by atoms with Crippen LogP contribution in [0.15, 0.2) is 36.4 Å². The summed E-state index contributed by atoms with van der Waals surface area (Å²) >= 11 is 1.62. The molecule has 0 amide bonds. The number of aromatic nitrogens is 1. The van der Waals surface area contributed by atoms with Crippen LogP contribution in [0.5, 0.6) is 0 Å². The molecule has 1 heterocycles. The Morgan fingerprint density at radius 2 is 1.70 bits per heavy atom. The van der Waals surface area contributed by atoms with Crippen LogP contribution in [0.3, 0.4) is 0 Å². The van der Waals surface area contributed by atoms with Gasteiger partial charge in [-0.05, 0) is 59.1 Å². The first kappa shape index (κ1) is 18.2. The van der Waals surface area contributed by atoms with Crippen molar-refractivity contribution < 1.29 is 9.53 Å². The van der Waals surface area contributed by atoms with E-state index >= 15 is 0 Å². The minimum Gasteiger partial charge on any atom is -0.465 e. The van der Waals surface area contributed by atoms with E-state index in [1.54, 1.807) is 17.4 Å². The van der Waals surface area contributed by atoms with Gasteiger partial charge in [0, 0.05) is 5.56 Å². The number of hydrogen-bond acceptors (Lipinski definition) is 4. The van der Waals surface area contributed by atoms with Crippen LogP contribution in [0.2, 0.25) is 0 Å². The number of nitrogens with zero attached hydrogens (tertiary/aromatic N) is 1. The predicted molar refractivity (Wildman–Crippen MR) is 112 cm³/mol. The first-order valence-electron chi connectivity index (χ1n) is 9.36. The largest absolute Gasteiger partial charge is 0.465 e. The number of rotatable bonds is 2. The average Bonchev–Trinajstić information content (AvgIpc) is 3.08. The number of hydrogen-bond donors (Lipinski definition) is 0. The maximum atomic E-state index is 11.8. The summed E-state index contributed by atoms with van der Waals surface area (Å²) in [7, 11) is 1.40. The molecule has 0 bridgehead atoms. The van der Waals surface area contributed by atoms with E-state index in [9.17, 15) is 4.79 Å². The quantitative estimate of drug-likeness (QED) is 0.505. The van der Waals surface area contributed by atoms with E-state index in [4.69, 9.17) is 9.72 Å². The van der Waals surface area contributed by atoms with Gasteiger partial charge in [-0.25, -0.2) is 9.78 Å². The molecule has 4 rings (SSSR count). The molecular weight excluding hydrogens is 354 g/mol. The van der Waals surface area contributed by atoms with Crippen LogP contribution in [-0.2, 0) is 15.6 Å². The normalized spacial score (nSPS) is 17.5. The highest BCUT2D eigenvalue weighted by Crippen LogP contribution is 2.47. The van der Waals surface area contributed by atoms with Crippen molar-refractivity contribution in [1.82, 2.24) is 4.98 Å². The molecule has 0 aliphatic heterocycles. The molecule has 140 valence electrons. The Hall–Kier alpha value is -2.20. The van der Waals surface area contributed by atoms with Crippen molar-refractivity contribution in [2.75, 3.05) is 7.11 Å². The molecule has 0 fully saturated rings. The summed E-state index contributed by atoms with van der Waals surface area (Å²) in [5, 5.41) is 0.994. The zero-order valence-corrected chi connectivity index (χ0v) is 17.4. The summed E-state index contributed by atoms with van der Waals surface area (Å²) in [6.07, 6.45) is 2.41. The van der Waals surface area contributed by atoms with Gasteiger partial charge >= 0.3 is 5.97 Å². The van der Waals surface area contributed by atoms with Gasteiger partial charge in [0.15, 0.2) is 0 Å². The number of carbonyl (C=O) groups is 1. The Bertz CT molecular complexity index is 1050. The number of benzene rings is 2. The third kappa shape index (κ3) is 3.06. The second kappa shape index (κ2) is 6.16. The monoisotopic (exact) mass is 379 g/mol. The van der Waals surface area contributed by atoms with Gasteiger partial charge in [0.05, 0.1) is 22.9 Å². The summed E-state index contributed by atoms with van der Waals surface area (Å²) in [5.74, 6) is -0.315. The van der Waals surface area contributed by atoms with Crippen LogP contribution in [0.4, 0.5) is 0 Å². The second-order valence-electron chi connectivity index (χ2n) is 8.72. The summed E-state index contributed by atoms with van der Waals surface area (Å²) in [5.41, 5.74) is 5.92. The lowest BCUT2D eigenvalue weighted by Gasteiger charge is -2.42. The highest BCUT2D eigenvalue weighted by Gasteiger charge is 2.37. The standard InChI is InChI=1S/C23H25NO2S/c1-22(2)10-11-23(3,4)17-12-14(6-8-16(17)22)20-24-18-9-7-15(21(25)26-5)13-19(18)27-20/h6-9,12-13H,10-11H2,1-5H3. The molecule has 3 aromatic rings. The number of carbonyl (C=O) groups excluding carboxylic acids is 1. The Kier molecular flexibility index (Phi) is 4.15. The van der Waals surface area contributed by atoms with E-state index in [1.165, 1.54) is 31.1 Å². The minimum atomic E-state index is -0.315. The van der Waals surface area contributed by atoms with Crippen LogP contribution in [0.1, 0.15) is 62.0 Å². The third-order valence-electron chi connectivity index (χ3n) is 5.91. The molecule has 0 radical (unpaired) electrons. The molecule has 0 saturated carbocycles. The van der Waals surface area contributed by atoms with Gasteiger partial charge in [0.2, 0.25) is 0 Å². The topological polar surface area (TPSA) is 39.2 Å². The number of esters is 1. The molecule has 1 aliphatic carbocycles.